The average molecular weight is 309 g/mol. The van der Waals surface area contributed by atoms with Gasteiger partial charge in [-0.05, 0) is 45.8 Å². The van der Waals surface area contributed by atoms with Crippen molar-refractivity contribution in [3.05, 3.63) is 0 Å². The predicted octanol–water partition coefficient (Wildman–Crippen LogP) is 2.56. The molecule has 0 heterocycles. The van der Waals surface area contributed by atoms with Crippen molar-refractivity contribution in [1.29, 1.82) is 0 Å². The van der Waals surface area contributed by atoms with E-state index in [1.54, 1.807) is 6.92 Å². The summed E-state index contributed by atoms with van der Waals surface area (Å²) in [4.78, 5) is 26.8. The molecule has 0 unspecified atom stereocenters. The molecule has 5 nitrogen and oxygen atoms in total. The normalized spacial score (nSPS) is 21.6. The Bertz CT molecular complexity index is 380. The van der Waals surface area contributed by atoms with Crippen LogP contribution in [0.15, 0.2) is 5.10 Å². The van der Waals surface area contributed by atoms with Crippen LogP contribution in [-0.4, -0.2) is 54.5 Å². The van der Waals surface area contributed by atoms with Gasteiger partial charge in [-0.1, -0.05) is 26.7 Å². The lowest BCUT2D eigenvalue weighted by Gasteiger charge is -2.31. The molecule has 1 rings (SSSR count). The van der Waals surface area contributed by atoms with E-state index in [2.05, 4.69) is 30.6 Å². The Morgan fingerprint density at radius 2 is 1.68 bits per heavy atom. The molecule has 22 heavy (non-hydrogen) atoms. The molecule has 1 saturated carbocycles. The maximum Gasteiger partial charge on any atom is 0.246 e. The van der Waals surface area contributed by atoms with Gasteiger partial charge < -0.3 is 4.90 Å². The summed E-state index contributed by atoms with van der Waals surface area (Å²) in [6, 6.07) is 0. The molecule has 0 aromatic rings. The van der Waals surface area contributed by atoms with Gasteiger partial charge in [-0.15, -0.1) is 0 Å². The van der Waals surface area contributed by atoms with Crippen LogP contribution in [0.3, 0.4) is 0 Å². The SMILES string of the molecule is C=NN(CCCN(CC)CC)C(=O)[C@H]1CCCC[C@H]1C(C)=O. The molecule has 5 heteroatoms. The number of rotatable bonds is 9. The lowest BCUT2D eigenvalue weighted by Crippen LogP contribution is -2.40. The third kappa shape index (κ3) is 5.20. The number of nitrogens with zero attached hydrogens (tertiary/aromatic N) is 3. The first kappa shape index (κ1) is 18.8. The van der Waals surface area contributed by atoms with E-state index in [9.17, 15) is 9.59 Å². The van der Waals surface area contributed by atoms with Crippen LogP contribution in [0.25, 0.3) is 0 Å². The van der Waals surface area contributed by atoms with Crippen LogP contribution in [0, 0.1) is 11.8 Å². The summed E-state index contributed by atoms with van der Waals surface area (Å²) in [6.07, 6.45) is 4.56. The topological polar surface area (TPSA) is 53.0 Å². The highest BCUT2D eigenvalue weighted by atomic mass is 16.2. The minimum atomic E-state index is -0.204. The number of Topliss-reactive ketones (excluding diaryl/α,β-unsaturated/α-hetero) is 1. The van der Waals surface area contributed by atoms with E-state index < -0.39 is 0 Å². The molecule has 1 amide bonds. The maximum absolute atomic E-state index is 12.7. The average Bonchev–Trinajstić information content (AvgIpc) is 2.54. The second-order valence-electron chi connectivity index (χ2n) is 6.09. The third-order valence-corrected chi connectivity index (χ3v) is 4.77. The van der Waals surface area contributed by atoms with E-state index in [0.717, 1.165) is 51.7 Å². The third-order valence-electron chi connectivity index (χ3n) is 4.77. The molecule has 1 aliphatic rings. The van der Waals surface area contributed by atoms with E-state index in [4.69, 9.17) is 0 Å². The van der Waals surface area contributed by atoms with Gasteiger partial charge in [0.15, 0.2) is 0 Å². The van der Waals surface area contributed by atoms with Crippen LogP contribution in [0.1, 0.15) is 52.9 Å². The highest BCUT2D eigenvalue weighted by Gasteiger charge is 2.36. The smallest absolute Gasteiger partial charge is 0.246 e. The Morgan fingerprint density at radius 3 is 2.18 bits per heavy atom. The first-order chi connectivity index (χ1) is 10.5. The van der Waals surface area contributed by atoms with E-state index in [-0.39, 0.29) is 23.5 Å². The number of hydrogen-bond donors (Lipinski definition) is 0. The van der Waals surface area contributed by atoms with Gasteiger partial charge in [-0.2, -0.15) is 5.10 Å². The first-order valence-electron chi connectivity index (χ1n) is 8.55. The van der Waals surface area contributed by atoms with Crippen molar-refractivity contribution >= 4 is 18.4 Å². The van der Waals surface area contributed by atoms with Gasteiger partial charge >= 0.3 is 0 Å². The Morgan fingerprint density at radius 1 is 1.09 bits per heavy atom. The van der Waals surface area contributed by atoms with Crippen LogP contribution in [-0.2, 0) is 9.59 Å². The number of ketones is 1. The lowest BCUT2D eigenvalue weighted by molar-refractivity contribution is -0.142. The van der Waals surface area contributed by atoms with Crippen LogP contribution < -0.4 is 0 Å². The van der Waals surface area contributed by atoms with Crippen LogP contribution >= 0.6 is 0 Å². The second-order valence-corrected chi connectivity index (χ2v) is 6.09. The number of carbonyl (C=O) groups excluding carboxylic acids is 2. The minimum Gasteiger partial charge on any atom is -0.304 e. The zero-order valence-corrected chi connectivity index (χ0v) is 14.4. The van der Waals surface area contributed by atoms with Crippen molar-refractivity contribution in [2.45, 2.75) is 52.9 Å². The lowest BCUT2D eigenvalue weighted by atomic mass is 9.76. The summed E-state index contributed by atoms with van der Waals surface area (Å²) in [7, 11) is 0. The molecule has 0 aliphatic heterocycles. The van der Waals surface area contributed by atoms with E-state index >= 15 is 0 Å². The molecule has 0 aromatic carbocycles. The molecule has 0 saturated heterocycles. The van der Waals surface area contributed by atoms with Crippen molar-refractivity contribution < 1.29 is 9.59 Å². The molecule has 0 radical (unpaired) electrons. The van der Waals surface area contributed by atoms with Crippen molar-refractivity contribution in [3.8, 4) is 0 Å². The molecule has 2 atom stereocenters. The van der Waals surface area contributed by atoms with Crippen LogP contribution in [0.4, 0.5) is 0 Å². The maximum atomic E-state index is 12.7. The number of hydrogen-bond acceptors (Lipinski definition) is 4. The van der Waals surface area contributed by atoms with Crippen LogP contribution in [0.2, 0.25) is 0 Å². The van der Waals surface area contributed by atoms with Gasteiger partial charge in [0.1, 0.15) is 5.78 Å². The molecule has 0 aromatic heterocycles. The molecule has 126 valence electrons. The predicted molar refractivity (Wildman–Crippen MR) is 89.8 cm³/mol. The fourth-order valence-corrected chi connectivity index (χ4v) is 3.34. The molecular weight excluding hydrogens is 278 g/mol. The Labute approximate surface area is 134 Å². The summed E-state index contributed by atoms with van der Waals surface area (Å²) in [5, 5.41) is 5.39. The quantitative estimate of drug-likeness (QED) is 0.486. The molecule has 0 bridgehead atoms. The van der Waals surface area contributed by atoms with Gasteiger partial charge in [0.2, 0.25) is 5.91 Å². The van der Waals surface area contributed by atoms with Crippen LogP contribution in [0.5, 0.6) is 0 Å². The summed E-state index contributed by atoms with van der Waals surface area (Å²) in [5.41, 5.74) is 0. The van der Waals surface area contributed by atoms with Gasteiger partial charge in [-0.3, -0.25) is 9.59 Å². The van der Waals surface area contributed by atoms with Crippen molar-refractivity contribution in [3.63, 3.8) is 0 Å². The number of amides is 1. The van der Waals surface area contributed by atoms with E-state index in [0.29, 0.717) is 6.54 Å². The van der Waals surface area contributed by atoms with Gasteiger partial charge in [-0.25, -0.2) is 5.01 Å². The standard InChI is InChI=1S/C17H31N3O2/c1-5-19(6-2)12-9-13-20(18-4)17(22)16-11-8-7-10-15(16)14(3)21/h15-16H,4-13H2,1-3H3/t15-,16-/m0/s1. The largest absolute Gasteiger partial charge is 0.304 e. The Hall–Kier alpha value is -1.23. The summed E-state index contributed by atoms with van der Waals surface area (Å²) < 4.78 is 0. The van der Waals surface area contributed by atoms with E-state index in [1.807, 2.05) is 0 Å². The van der Waals surface area contributed by atoms with Crippen molar-refractivity contribution in [2.75, 3.05) is 26.2 Å². The monoisotopic (exact) mass is 309 g/mol. The fourth-order valence-electron chi connectivity index (χ4n) is 3.34. The van der Waals surface area contributed by atoms with E-state index in [1.165, 1.54) is 5.01 Å². The zero-order valence-electron chi connectivity index (χ0n) is 14.4. The molecule has 0 N–H and O–H groups in total. The highest BCUT2D eigenvalue weighted by Crippen LogP contribution is 2.32. The zero-order chi connectivity index (χ0) is 16.5. The molecule has 0 spiro atoms. The summed E-state index contributed by atoms with van der Waals surface area (Å²) in [6.45, 7) is 13.0. The fraction of sp³-hybridized carbons (Fsp3) is 0.824. The summed E-state index contributed by atoms with van der Waals surface area (Å²) >= 11 is 0. The molecule has 1 aliphatic carbocycles. The van der Waals surface area contributed by atoms with Gasteiger partial charge in [0, 0.05) is 25.1 Å². The Kier molecular flexibility index (Phi) is 8.31. The van der Waals surface area contributed by atoms with Gasteiger partial charge in [0.25, 0.3) is 0 Å². The summed E-state index contributed by atoms with van der Waals surface area (Å²) in [5.74, 6) is -0.224. The first-order valence-corrected chi connectivity index (χ1v) is 8.55. The number of hydrazone groups is 1. The van der Waals surface area contributed by atoms with Crippen molar-refractivity contribution in [2.24, 2.45) is 16.9 Å². The number of carbonyl (C=O) groups is 2. The highest BCUT2D eigenvalue weighted by molar-refractivity contribution is 5.87. The Balaban J connectivity index is 2.58. The van der Waals surface area contributed by atoms with Crippen molar-refractivity contribution in [1.82, 2.24) is 9.91 Å². The van der Waals surface area contributed by atoms with Gasteiger partial charge in [0.05, 0.1) is 0 Å². The minimum absolute atomic E-state index is 0.0190. The molecular formula is C17H31N3O2. The molecule has 1 fully saturated rings. The second kappa shape index (κ2) is 9.72.